The van der Waals surface area contributed by atoms with Crippen LogP contribution in [0.2, 0.25) is 0 Å². The van der Waals surface area contributed by atoms with E-state index >= 15 is 0 Å². The molecule has 1 aromatic heterocycles. The zero-order chi connectivity index (χ0) is 18.4. The summed E-state index contributed by atoms with van der Waals surface area (Å²) in [7, 11) is 0. The topological polar surface area (TPSA) is 100 Å². The summed E-state index contributed by atoms with van der Waals surface area (Å²) in [4.78, 5) is 4.05. The standard InChI is InChI=1S/C21H24N4O/c22-19-13-18(20(23)21(24)25-19)17(16-9-5-2-6-10-16)11-12-26-14-15-7-3-1-4-8-15/h1-10,13,17H,11-12,14,23H2,(H4,22,24,25). The van der Waals surface area contributed by atoms with Gasteiger partial charge in [0.05, 0.1) is 12.3 Å². The lowest BCUT2D eigenvalue weighted by Gasteiger charge is -2.21. The SMILES string of the molecule is Nc1cc(C(CCOCc2ccccc2)c2ccccc2)c(N)c(N)n1. The molecule has 26 heavy (non-hydrogen) atoms. The summed E-state index contributed by atoms with van der Waals surface area (Å²) in [6, 6.07) is 22.1. The van der Waals surface area contributed by atoms with Crippen molar-refractivity contribution in [2.24, 2.45) is 0 Å². The van der Waals surface area contributed by atoms with E-state index in [9.17, 15) is 0 Å². The van der Waals surface area contributed by atoms with Crippen molar-refractivity contribution >= 4 is 17.3 Å². The molecule has 0 spiro atoms. The molecule has 0 aliphatic carbocycles. The Morgan fingerprint density at radius 2 is 1.54 bits per heavy atom. The number of benzene rings is 2. The lowest BCUT2D eigenvalue weighted by molar-refractivity contribution is 0.116. The van der Waals surface area contributed by atoms with Crippen molar-refractivity contribution < 1.29 is 4.74 Å². The van der Waals surface area contributed by atoms with Gasteiger partial charge in [0.2, 0.25) is 0 Å². The summed E-state index contributed by atoms with van der Waals surface area (Å²) in [6.45, 7) is 1.18. The number of nitrogens with two attached hydrogens (primary N) is 3. The second-order valence-corrected chi connectivity index (χ2v) is 6.23. The second-order valence-electron chi connectivity index (χ2n) is 6.23. The van der Waals surface area contributed by atoms with Gasteiger partial charge in [0, 0.05) is 12.5 Å². The first kappa shape index (κ1) is 17.8. The van der Waals surface area contributed by atoms with Gasteiger partial charge in [0.1, 0.15) is 11.6 Å². The number of ether oxygens (including phenoxy) is 1. The monoisotopic (exact) mass is 348 g/mol. The van der Waals surface area contributed by atoms with Crippen LogP contribution >= 0.6 is 0 Å². The van der Waals surface area contributed by atoms with E-state index in [-0.39, 0.29) is 11.7 Å². The first-order valence-corrected chi connectivity index (χ1v) is 8.63. The Kier molecular flexibility index (Phi) is 5.71. The maximum Gasteiger partial charge on any atom is 0.149 e. The van der Waals surface area contributed by atoms with Gasteiger partial charge in [0.25, 0.3) is 0 Å². The van der Waals surface area contributed by atoms with E-state index in [0.717, 1.165) is 23.1 Å². The molecule has 2 aromatic carbocycles. The molecular weight excluding hydrogens is 324 g/mol. The van der Waals surface area contributed by atoms with Crippen LogP contribution in [0.3, 0.4) is 0 Å². The van der Waals surface area contributed by atoms with Crippen molar-refractivity contribution in [1.82, 2.24) is 4.98 Å². The number of hydrogen-bond acceptors (Lipinski definition) is 5. The maximum atomic E-state index is 6.20. The number of hydrogen-bond donors (Lipinski definition) is 3. The number of nitrogen functional groups attached to an aromatic ring is 3. The Labute approximate surface area is 153 Å². The van der Waals surface area contributed by atoms with Crippen LogP contribution < -0.4 is 17.2 Å². The molecule has 3 rings (SSSR count). The fourth-order valence-electron chi connectivity index (χ4n) is 3.06. The highest BCUT2D eigenvalue weighted by atomic mass is 16.5. The number of anilines is 3. The minimum atomic E-state index is 0.0413. The first-order valence-electron chi connectivity index (χ1n) is 8.63. The highest BCUT2D eigenvalue weighted by Gasteiger charge is 2.19. The quantitative estimate of drug-likeness (QED) is 0.567. The third-order valence-electron chi connectivity index (χ3n) is 4.38. The average molecular weight is 348 g/mol. The normalized spacial score (nSPS) is 12.0. The van der Waals surface area contributed by atoms with Gasteiger partial charge in [-0.2, -0.15) is 0 Å². The molecule has 0 bridgehead atoms. The molecule has 0 amide bonds. The highest BCUT2D eigenvalue weighted by Crippen LogP contribution is 2.35. The van der Waals surface area contributed by atoms with Crippen molar-refractivity contribution in [3.8, 4) is 0 Å². The minimum Gasteiger partial charge on any atom is -0.396 e. The summed E-state index contributed by atoms with van der Waals surface area (Å²) in [6.07, 6.45) is 0.768. The lowest BCUT2D eigenvalue weighted by atomic mass is 9.88. The number of aromatic nitrogens is 1. The molecule has 1 unspecified atom stereocenters. The predicted octanol–water partition coefficient (Wildman–Crippen LogP) is 3.57. The predicted molar refractivity (Wildman–Crippen MR) is 106 cm³/mol. The lowest BCUT2D eigenvalue weighted by Crippen LogP contribution is -2.12. The van der Waals surface area contributed by atoms with Crippen LogP contribution in [0.15, 0.2) is 66.7 Å². The van der Waals surface area contributed by atoms with E-state index in [1.54, 1.807) is 6.07 Å². The third-order valence-corrected chi connectivity index (χ3v) is 4.38. The van der Waals surface area contributed by atoms with E-state index in [2.05, 4.69) is 29.2 Å². The van der Waals surface area contributed by atoms with E-state index in [0.29, 0.717) is 24.7 Å². The number of rotatable bonds is 7. The summed E-state index contributed by atoms with van der Waals surface area (Å²) < 4.78 is 5.87. The summed E-state index contributed by atoms with van der Waals surface area (Å²) >= 11 is 0. The Hall–Kier alpha value is -3.05. The van der Waals surface area contributed by atoms with E-state index < -0.39 is 0 Å². The molecule has 5 heteroatoms. The van der Waals surface area contributed by atoms with Gasteiger partial charge >= 0.3 is 0 Å². The molecule has 0 saturated carbocycles. The Morgan fingerprint density at radius 3 is 2.23 bits per heavy atom. The van der Waals surface area contributed by atoms with E-state index in [1.807, 2.05) is 36.4 Å². The fourth-order valence-corrected chi connectivity index (χ4v) is 3.06. The van der Waals surface area contributed by atoms with Gasteiger partial charge in [-0.15, -0.1) is 0 Å². The van der Waals surface area contributed by atoms with Crippen LogP contribution in [0.5, 0.6) is 0 Å². The molecule has 1 atom stereocenters. The van der Waals surface area contributed by atoms with Crippen LogP contribution in [0.1, 0.15) is 29.0 Å². The molecule has 0 saturated heterocycles. The van der Waals surface area contributed by atoms with Crippen molar-refractivity contribution in [2.45, 2.75) is 18.9 Å². The van der Waals surface area contributed by atoms with Crippen molar-refractivity contribution in [1.29, 1.82) is 0 Å². The molecule has 3 aromatic rings. The van der Waals surface area contributed by atoms with Gasteiger partial charge in [-0.3, -0.25) is 0 Å². The minimum absolute atomic E-state index is 0.0413. The smallest absolute Gasteiger partial charge is 0.149 e. The van der Waals surface area contributed by atoms with Crippen molar-refractivity contribution in [3.63, 3.8) is 0 Å². The summed E-state index contributed by atoms with van der Waals surface area (Å²) in [5, 5.41) is 0. The van der Waals surface area contributed by atoms with E-state index in [4.69, 9.17) is 21.9 Å². The highest BCUT2D eigenvalue weighted by molar-refractivity contribution is 5.68. The van der Waals surface area contributed by atoms with Gasteiger partial charge in [-0.1, -0.05) is 60.7 Å². The average Bonchev–Trinajstić information content (AvgIpc) is 2.66. The van der Waals surface area contributed by atoms with E-state index in [1.165, 1.54) is 0 Å². The van der Waals surface area contributed by atoms with Crippen molar-refractivity contribution in [3.05, 3.63) is 83.4 Å². The number of nitrogens with zero attached hydrogens (tertiary/aromatic N) is 1. The largest absolute Gasteiger partial charge is 0.396 e. The number of pyridine rings is 1. The molecule has 0 aliphatic heterocycles. The van der Waals surface area contributed by atoms with Crippen LogP contribution in [0.25, 0.3) is 0 Å². The van der Waals surface area contributed by atoms with Crippen LogP contribution in [0, 0.1) is 0 Å². The first-order chi connectivity index (χ1) is 12.6. The van der Waals surface area contributed by atoms with Gasteiger partial charge in [0.15, 0.2) is 0 Å². The Bertz CT molecular complexity index is 837. The maximum absolute atomic E-state index is 6.20. The molecule has 6 N–H and O–H groups in total. The third kappa shape index (κ3) is 4.32. The van der Waals surface area contributed by atoms with Gasteiger partial charge < -0.3 is 21.9 Å². The Balaban J connectivity index is 1.77. The summed E-state index contributed by atoms with van der Waals surface area (Å²) in [5.41, 5.74) is 21.7. The molecule has 0 radical (unpaired) electrons. The second kappa shape index (κ2) is 8.36. The van der Waals surface area contributed by atoms with Crippen LogP contribution in [-0.4, -0.2) is 11.6 Å². The van der Waals surface area contributed by atoms with Crippen LogP contribution in [0.4, 0.5) is 17.3 Å². The summed E-state index contributed by atoms with van der Waals surface area (Å²) in [5.74, 6) is 0.684. The zero-order valence-corrected chi connectivity index (χ0v) is 14.6. The molecule has 1 heterocycles. The van der Waals surface area contributed by atoms with Gasteiger partial charge in [-0.25, -0.2) is 4.98 Å². The van der Waals surface area contributed by atoms with Crippen molar-refractivity contribution in [2.75, 3.05) is 23.8 Å². The Morgan fingerprint density at radius 1 is 0.885 bits per heavy atom. The fraction of sp³-hybridized carbons (Fsp3) is 0.190. The zero-order valence-electron chi connectivity index (χ0n) is 14.6. The molecule has 134 valence electrons. The molecular formula is C21H24N4O. The molecule has 0 aliphatic rings. The molecule has 0 fully saturated rings. The molecule has 5 nitrogen and oxygen atoms in total. The van der Waals surface area contributed by atoms with Crippen LogP contribution in [-0.2, 0) is 11.3 Å². The van der Waals surface area contributed by atoms with Gasteiger partial charge in [-0.05, 0) is 29.2 Å².